The molecule has 18 heavy (non-hydrogen) atoms. The summed E-state index contributed by atoms with van der Waals surface area (Å²) < 4.78 is 29.3. The highest BCUT2D eigenvalue weighted by atomic mass is 19.2. The number of nitrogens with zero attached hydrogens (tertiary/aromatic N) is 2. The molecule has 0 amide bonds. The van der Waals surface area contributed by atoms with E-state index in [1.165, 1.54) is 6.07 Å². The van der Waals surface area contributed by atoms with Gasteiger partial charge < -0.3 is 9.47 Å². The van der Waals surface area contributed by atoms with Crippen molar-refractivity contribution < 1.29 is 8.78 Å². The van der Waals surface area contributed by atoms with E-state index in [4.69, 9.17) is 0 Å². The Hall–Kier alpha value is -1.42. The van der Waals surface area contributed by atoms with Gasteiger partial charge in [-0.3, -0.25) is 0 Å². The van der Waals surface area contributed by atoms with E-state index in [2.05, 4.69) is 16.4 Å². The van der Waals surface area contributed by atoms with Crippen molar-refractivity contribution in [1.29, 1.82) is 0 Å². The van der Waals surface area contributed by atoms with Crippen molar-refractivity contribution in [2.24, 2.45) is 0 Å². The maximum atomic E-state index is 13.7. The van der Waals surface area contributed by atoms with E-state index >= 15 is 0 Å². The first-order valence-electron chi connectivity index (χ1n) is 6.14. The standard InChI is InChI=1S/C14H16F2N2/c1-8-12(17(2)3)7-9-6-11(15)13(16)10-4-5-18(8)14(9)10/h4-6,8,12H,7H2,1-3H3. The summed E-state index contributed by atoms with van der Waals surface area (Å²) in [4.78, 5) is 2.14. The number of halogens is 2. The minimum absolute atomic E-state index is 0.259. The smallest absolute Gasteiger partial charge is 0.168 e. The molecule has 2 heterocycles. The highest BCUT2D eigenvalue weighted by Gasteiger charge is 2.30. The number of aromatic nitrogens is 1. The molecular weight excluding hydrogens is 234 g/mol. The molecule has 0 N–H and O–H groups in total. The summed E-state index contributed by atoms with van der Waals surface area (Å²) >= 11 is 0. The zero-order valence-corrected chi connectivity index (χ0v) is 10.7. The first-order chi connectivity index (χ1) is 8.50. The molecule has 1 aromatic carbocycles. The lowest BCUT2D eigenvalue weighted by Crippen LogP contribution is -2.39. The quantitative estimate of drug-likeness (QED) is 0.755. The minimum Gasteiger partial charge on any atom is -0.343 e. The van der Waals surface area contributed by atoms with Crippen LogP contribution in [-0.2, 0) is 6.42 Å². The van der Waals surface area contributed by atoms with Gasteiger partial charge in [-0.25, -0.2) is 8.78 Å². The summed E-state index contributed by atoms with van der Waals surface area (Å²) in [7, 11) is 4.04. The monoisotopic (exact) mass is 250 g/mol. The van der Waals surface area contributed by atoms with Crippen LogP contribution in [0.25, 0.3) is 10.9 Å². The largest absolute Gasteiger partial charge is 0.343 e. The van der Waals surface area contributed by atoms with Gasteiger partial charge >= 0.3 is 0 Å². The van der Waals surface area contributed by atoms with E-state index in [1.807, 2.05) is 20.3 Å². The second-order valence-corrected chi connectivity index (χ2v) is 5.29. The lowest BCUT2D eigenvalue weighted by atomic mass is 9.93. The first-order valence-corrected chi connectivity index (χ1v) is 6.14. The molecule has 0 radical (unpaired) electrons. The fourth-order valence-electron chi connectivity index (χ4n) is 3.07. The molecule has 2 nitrogen and oxygen atoms in total. The van der Waals surface area contributed by atoms with E-state index in [0.29, 0.717) is 11.4 Å². The second kappa shape index (κ2) is 3.79. The van der Waals surface area contributed by atoms with Gasteiger partial charge in [-0.05, 0) is 45.1 Å². The molecule has 0 bridgehead atoms. The molecule has 0 fully saturated rings. The molecule has 3 rings (SSSR count). The topological polar surface area (TPSA) is 8.17 Å². The number of hydrogen-bond donors (Lipinski definition) is 0. The Kier molecular flexibility index (Phi) is 2.45. The lowest BCUT2D eigenvalue weighted by molar-refractivity contribution is 0.216. The molecular formula is C14H16F2N2. The maximum Gasteiger partial charge on any atom is 0.168 e. The van der Waals surface area contributed by atoms with Crippen LogP contribution in [0.1, 0.15) is 18.5 Å². The molecule has 2 atom stereocenters. The van der Waals surface area contributed by atoms with Crippen LogP contribution in [0.4, 0.5) is 8.78 Å². The van der Waals surface area contributed by atoms with Gasteiger partial charge in [-0.2, -0.15) is 0 Å². The minimum atomic E-state index is -0.748. The van der Waals surface area contributed by atoms with Crippen LogP contribution in [0, 0.1) is 11.6 Å². The van der Waals surface area contributed by atoms with E-state index in [1.54, 1.807) is 6.07 Å². The molecule has 1 aliphatic heterocycles. The van der Waals surface area contributed by atoms with Crippen LogP contribution in [0.5, 0.6) is 0 Å². The molecule has 1 aromatic heterocycles. The van der Waals surface area contributed by atoms with E-state index in [-0.39, 0.29) is 6.04 Å². The molecule has 2 aromatic rings. The van der Waals surface area contributed by atoms with Crippen molar-refractivity contribution >= 4 is 10.9 Å². The number of benzene rings is 1. The zero-order valence-electron chi connectivity index (χ0n) is 10.7. The van der Waals surface area contributed by atoms with Gasteiger partial charge in [0.15, 0.2) is 11.6 Å². The van der Waals surface area contributed by atoms with Gasteiger partial charge in [-0.1, -0.05) is 0 Å². The third-order valence-electron chi connectivity index (χ3n) is 4.05. The summed E-state index contributed by atoms with van der Waals surface area (Å²) in [6, 6.07) is 3.58. The average Bonchev–Trinajstić information content (AvgIpc) is 2.75. The van der Waals surface area contributed by atoms with Crippen LogP contribution < -0.4 is 0 Å². The Morgan fingerprint density at radius 2 is 2.06 bits per heavy atom. The molecule has 1 aliphatic rings. The molecule has 0 spiro atoms. The molecule has 96 valence electrons. The zero-order chi connectivity index (χ0) is 13.0. The van der Waals surface area contributed by atoms with Crippen LogP contribution in [0.2, 0.25) is 0 Å². The van der Waals surface area contributed by atoms with Gasteiger partial charge in [0.25, 0.3) is 0 Å². The van der Waals surface area contributed by atoms with Crippen LogP contribution in [0.15, 0.2) is 18.3 Å². The third kappa shape index (κ3) is 1.42. The maximum absolute atomic E-state index is 13.7. The molecule has 0 aliphatic carbocycles. The van der Waals surface area contributed by atoms with Crippen molar-refractivity contribution in [3.05, 3.63) is 35.5 Å². The Balaban J connectivity index is 2.28. The van der Waals surface area contributed by atoms with Gasteiger partial charge in [-0.15, -0.1) is 0 Å². The Labute approximate surface area is 105 Å². The van der Waals surface area contributed by atoms with Gasteiger partial charge in [0.05, 0.1) is 5.52 Å². The summed E-state index contributed by atoms with van der Waals surface area (Å²) in [6.45, 7) is 2.12. The van der Waals surface area contributed by atoms with Crippen molar-refractivity contribution in [2.45, 2.75) is 25.4 Å². The van der Waals surface area contributed by atoms with Crippen LogP contribution in [-0.4, -0.2) is 29.6 Å². The van der Waals surface area contributed by atoms with E-state index < -0.39 is 11.6 Å². The van der Waals surface area contributed by atoms with Crippen molar-refractivity contribution in [2.75, 3.05) is 14.1 Å². The highest BCUT2D eigenvalue weighted by Crippen LogP contribution is 2.35. The van der Waals surface area contributed by atoms with Gasteiger partial charge in [0.1, 0.15) is 0 Å². The van der Waals surface area contributed by atoms with Crippen molar-refractivity contribution in [3.63, 3.8) is 0 Å². The van der Waals surface area contributed by atoms with Crippen LogP contribution in [0.3, 0.4) is 0 Å². The lowest BCUT2D eigenvalue weighted by Gasteiger charge is -2.36. The number of likely N-dealkylation sites (N-methyl/N-ethyl adjacent to an activating group) is 1. The SMILES string of the molecule is CC1C(N(C)C)Cc2cc(F)c(F)c3ccn1c23. The van der Waals surface area contributed by atoms with Gasteiger partial charge in [0, 0.05) is 23.7 Å². The first kappa shape index (κ1) is 11.7. The predicted molar refractivity (Wildman–Crippen MR) is 67.7 cm³/mol. The van der Waals surface area contributed by atoms with Gasteiger partial charge in [0.2, 0.25) is 0 Å². The fourth-order valence-corrected chi connectivity index (χ4v) is 3.07. The van der Waals surface area contributed by atoms with Crippen molar-refractivity contribution in [3.8, 4) is 0 Å². The Bertz CT molecular complexity index is 616. The normalized spacial score (nSPS) is 23.0. The average molecular weight is 250 g/mol. The summed E-state index contributed by atoms with van der Waals surface area (Å²) in [5, 5.41) is 0.397. The fraction of sp³-hybridized carbons (Fsp3) is 0.429. The third-order valence-corrected chi connectivity index (χ3v) is 4.05. The van der Waals surface area contributed by atoms with E-state index in [9.17, 15) is 8.78 Å². The summed E-state index contributed by atoms with van der Waals surface area (Å²) in [5.74, 6) is -1.48. The summed E-state index contributed by atoms with van der Waals surface area (Å²) in [5.41, 5.74) is 1.74. The molecule has 2 unspecified atom stereocenters. The Morgan fingerprint density at radius 3 is 2.72 bits per heavy atom. The highest BCUT2D eigenvalue weighted by molar-refractivity contribution is 5.85. The van der Waals surface area contributed by atoms with E-state index in [0.717, 1.165) is 17.5 Å². The second-order valence-electron chi connectivity index (χ2n) is 5.29. The van der Waals surface area contributed by atoms with Crippen LogP contribution >= 0.6 is 0 Å². The Morgan fingerprint density at radius 1 is 1.33 bits per heavy atom. The van der Waals surface area contributed by atoms with Crippen molar-refractivity contribution in [1.82, 2.24) is 9.47 Å². The molecule has 4 heteroatoms. The molecule has 0 saturated heterocycles. The molecule has 0 saturated carbocycles. The number of rotatable bonds is 1. The number of hydrogen-bond acceptors (Lipinski definition) is 1. The predicted octanol–water partition coefficient (Wildman–Crippen LogP) is 2.97. The summed E-state index contributed by atoms with van der Waals surface area (Å²) in [6.07, 6.45) is 2.61.